The monoisotopic (exact) mass is 306 g/mol. The van der Waals surface area contributed by atoms with E-state index in [1.54, 1.807) is 32.0 Å². The van der Waals surface area contributed by atoms with Crippen LogP contribution in [0.1, 0.15) is 24.2 Å². The fourth-order valence-electron chi connectivity index (χ4n) is 1.81. The molecule has 110 valence electrons. The molecule has 21 heavy (non-hydrogen) atoms. The van der Waals surface area contributed by atoms with Crippen LogP contribution in [0.25, 0.3) is 10.8 Å². The summed E-state index contributed by atoms with van der Waals surface area (Å²) in [5, 5.41) is 13.4. The van der Waals surface area contributed by atoms with E-state index in [-0.39, 0.29) is 12.5 Å². The summed E-state index contributed by atoms with van der Waals surface area (Å²) in [6, 6.07) is 7.17. The number of fused-ring (bicyclic) bond motifs is 1. The maximum absolute atomic E-state index is 12.3. The third-order valence-electron chi connectivity index (χ3n) is 3.26. The molecule has 2 N–H and O–H groups in total. The zero-order valence-electron chi connectivity index (χ0n) is 11.7. The number of nitrogens with zero attached hydrogens (tertiary/aromatic N) is 1. The van der Waals surface area contributed by atoms with Gasteiger partial charge in [0, 0.05) is 18.1 Å². The van der Waals surface area contributed by atoms with Gasteiger partial charge in [-0.3, -0.25) is 9.59 Å². The molecule has 0 aliphatic heterocycles. The fraction of sp³-hybridized carbons (Fsp3) is 0.267. The zero-order valence-corrected chi connectivity index (χ0v) is 12.4. The summed E-state index contributed by atoms with van der Waals surface area (Å²) >= 11 is 6.00. The molecule has 0 atom stereocenters. The molecule has 0 aliphatic carbocycles. The smallest absolute Gasteiger partial charge is 0.310 e. The van der Waals surface area contributed by atoms with Gasteiger partial charge in [0.1, 0.15) is 5.15 Å². The lowest BCUT2D eigenvalue weighted by molar-refractivity contribution is -0.146. The first-order chi connectivity index (χ1) is 9.83. The third kappa shape index (κ3) is 3.13. The summed E-state index contributed by atoms with van der Waals surface area (Å²) in [4.78, 5) is 27.3. The number of amides is 1. The lowest BCUT2D eigenvalue weighted by Crippen LogP contribution is -2.39. The number of carboxylic acid groups (broad SMARTS) is 1. The zero-order chi connectivity index (χ0) is 15.6. The lowest BCUT2D eigenvalue weighted by atomic mass is 9.94. The van der Waals surface area contributed by atoms with Gasteiger partial charge in [-0.25, -0.2) is 4.98 Å². The molecule has 1 amide bonds. The van der Waals surface area contributed by atoms with E-state index in [0.29, 0.717) is 21.5 Å². The van der Waals surface area contributed by atoms with E-state index in [0.717, 1.165) is 0 Å². The average Bonchev–Trinajstić information content (AvgIpc) is 2.45. The highest BCUT2D eigenvalue weighted by Crippen LogP contribution is 2.24. The summed E-state index contributed by atoms with van der Waals surface area (Å²) in [5.41, 5.74) is -0.665. The number of aromatic nitrogens is 1. The Bertz CT molecular complexity index is 713. The van der Waals surface area contributed by atoms with Gasteiger partial charge < -0.3 is 10.4 Å². The Morgan fingerprint density at radius 1 is 1.29 bits per heavy atom. The van der Waals surface area contributed by atoms with E-state index in [1.807, 2.05) is 6.07 Å². The molecule has 6 heteroatoms. The predicted octanol–water partition coefficient (Wildman–Crippen LogP) is 2.73. The molecule has 0 radical (unpaired) electrons. The summed E-state index contributed by atoms with van der Waals surface area (Å²) in [7, 11) is 0. The van der Waals surface area contributed by atoms with Crippen molar-refractivity contribution in [3.8, 4) is 0 Å². The van der Waals surface area contributed by atoms with E-state index in [1.165, 1.54) is 6.20 Å². The summed E-state index contributed by atoms with van der Waals surface area (Å²) in [5.74, 6) is -1.34. The summed E-state index contributed by atoms with van der Waals surface area (Å²) in [6.07, 6.45) is 1.40. The highest BCUT2D eigenvalue weighted by Gasteiger charge is 2.28. The van der Waals surface area contributed by atoms with Gasteiger partial charge in [-0.15, -0.1) is 0 Å². The van der Waals surface area contributed by atoms with Crippen LogP contribution in [0, 0.1) is 5.41 Å². The topological polar surface area (TPSA) is 79.3 Å². The molecule has 1 aromatic carbocycles. The maximum Gasteiger partial charge on any atom is 0.310 e. The second-order valence-corrected chi connectivity index (χ2v) is 5.74. The van der Waals surface area contributed by atoms with Gasteiger partial charge in [-0.05, 0) is 19.2 Å². The minimum Gasteiger partial charge on any atom is -0.481 e. The van der Waals surface area contributed by atoms with Crippen LogP contribution in [0.15, 0.2) is 30.5 Å². The number of carboxylic acids is 1. The number of aliphatic carboxylic acids is 1. The molecule has 0 saturated carbocycles. The number of halogens is 1. The molecule has 2 aromatic rings. The van der Waals surface area contributed by atoms with Gasteiger partial charge in [-0.2, -0.15) is 0 Å². The van der Waals surface area contributed by atoms with Crippen LogP contribution in [0.5, 0.6) is 0 Å². The lowest BCUT2D eigenvalue weighted by Gasteiger charge is -2.19. The van der Waals surface area contributed by atoms with E-state index >= 15 is 0 Å². The number of nitrogens with one attached hydrogen (secondary N) is 1. The van der Waals surface area contributed by atoms with E-state index in [2.05, 4.69) is 10.3 Å². The molecule has 0 saturated heterocycles. The van der Waals surface area contributed by atoms with Crippen LogP contribution < -0.4 is 5.32 Å². The second kappa shape index (κ2) is 5.69. The Labute approximate surface area is 126 Å². The summed E-state index contributed by atoms with van der Waals surface area (Å²) < 4.78 is 0. The molecular formula is C15H15ClN2O3. The number of carbonyl (C=O) groups is 2. The second-order valence-electron chi connectivity index (χ2n) is 5.38. The van der Waals surface area contributed by atoms with Crippen LogP contribution in [0.4, 0.5) is 0 Å². The van der Waals surface area contributed by atoms with Gasteiger partial charge >= 0.3 is 5.97 Å². The quantitative estimate of drug-likeness (QED) is 0.851. The van der Waals surface area contributed by atoms with Crippen molar-refractivity contribution in [1.29, 1.82) is 0 Å². The van der Waals surface area contributed by atoms with Crippen molar-refractivity contribution < 1.29 is 14.7 Å². The Hall–Kier alpha value is -2.14. The van der Waals surface area contributed by atoms with E-state index in [9.17, 15) is 9.59 Å². The molecule has 1 heterocycles. The van der Waals surface area contributed by atoms with Crippen LogP contribution >= 0.6 is 11.6 Å². The van der Waals surface area contributed by atoms with Crippen molar-refractivity contribution in [2.45, 2.75) is 13.8 Å². The minimum atomic E-state index is -1.04. The minimum absolute atomic E-state index is 0.0259. The number of carbonyl (C=O) groups excluding carboxylic acids is 1. The fourth-order valence-corrected chi connectivity index (χ4v) is 2.02. The van der Waals surface area contributed by atoms with Gasteiger partial charge in [-0.1, -0.05) is 35.9 Å². The van der Waals surface area contributed by atoms with Crippen molar-refractivity contribution in [2.75, 3.05) is 6.54 Å². The van der Waals surface area contributed by atoms with Crippen molar-refractivity contribution in [1.82, 2.24) is 10.3 Å². The molecule has 0 unspecified atom stereocenters. The molecule has 0 spiro atoms. The van der Waals surface area contributed by atoms with Crippen molar-refractivity contribution in [2.24, 2.45) is 5.41 Å². The first-order valence-electron chi connectivity index (χ1n) is 6.38. The van der Waals surface area contributed by atoms with Crippen molar-refractivity contribution >= 4 is 34.2 Å². The molecular weight excluding hydrogens is 292 g/mol. The molecule has 0 aliphatic rings. The summed E-state index contributed by atoms with van der Waals surface area (Å²) in [6.45, 7) is 3.12. The Kier molecular flexibility index (Phi) is 4.14. The van der Waals surface area contributed by atoms with Crippen molar-refractivity contribution in [3.05, 3.63) is 41.2 Å². The van der Waals surface area contributed by atoms with Crippen LogP contribution in [-0.4, -0.2) is 28.5 Å². The van der Waals surface area contributed by atoms with Crippen LogP contribution in [0.2, 0.25) is 5.15 Å². The largest absolute Gasteiger partial charge is 0.481 e. The number of hydrogen-bond acceptors (Lipinski definition) is 3. The molecule has 2 rings (SSSR count). The Morgan fingerprint density at radius 2 is 1.90 bits per heavy atom. The molecule has 0 bridgehead atoms. The standard InChI is InChI=1S/C15H15ClN2O3/c1-15(2,14(20)21)8-18-13(19)11-7-17-12(16)10-6-4-3-5-9(10)11/h3-7H,8H2,1-2H3,(H,18,19)(H,20,21). The van der Waals surface area contributed by atoms with Gasteiger partial charge in [0.05, 0.1) is 11.0 Å². The van der Waals surface area contributed by atoms with Gasteiger partial charge in [0.2, 0.25) is 0 Å². The number of rotatable bonds is 4. The SMILES string of the molecule is CC(C)(CNC(=O)c1cnc(Cl)c2ccccc12)C(=O)O. The Balaban J connectivity index is 2.29. The first kappa shape index (κ1) is 15.3. The Morgan fingerprint density at radius 3 is 2.52 bits per heavy atom. The third-order valence-corrected chi connectivity index (χ3v) is 3.56. The highest BCUT2D eigenvalue weighted by molar-refractivity contribution is 6.34. The van der Waals surface area contributed by atoms with Crippen LogP contribution in [-0.2, 0) is 4.79 Å². The molecule has 0 fully saturated rings. The number of hydrogen-bond donors (Lipinski definition) is 2. The number of pyridine rings is 1. The predicted molar refractivity (Wildman–Crippen MR) is 80.5 cm³/mol. The van der Waals surface area contributed by atoms with E-state index in [4.69, 9.17) is 16.7 Å². The highest BCUT2D eigenvalue weighted by atomic mass is 35.5. The normalized spacial score (nSPS) is 11.4. The van der Waals surface area contributed by atoms with Gasteiger partial charge in [0.25, 0.3) is 5.91 Å². The van der Waals surface area contributed by atoms with E-state index < -0.39 is 11.4 Å². The molecule has 5 nitrogen and oxygen atoms in total. The number of benzene rings is 1. The molecule has 1 aromatic heterocycles. The average molecular weight is 307 g/mol. The van der Waals surface area contributed by atoms with Crippen LogP contribution in [0.3, 0.4) is 0 Å². The van der Waals surface area contributed by atoms with Crippen molar-refractivity contribution in [3.63, 3.8) is 0 Å². The maximum atomic E-state index is 12.3. The van der Waals surface area contributed by atoms with Gasteiger partial charge in [0.15, 0.2) is 0 Å². The first-order valence-corrected chi connectivity index (χ1v) is 6.75.